The lowest BCUT2D eigenvalue weighted by Crippen LogP contribution is -2.48. The van der Waals surface area contributed by atoms with Crippen molar-refractivity contribution in [2.45, 2.75) is 70.5 Å². The molecule has 166 valence electrons. The summed E-state index contributed by atoms with van der Waals surface area (Å²) in [5, 5.41) is 3.39. The zero-order valence-corrected chi connectivity index (χ0v) is 18.4. The number of nitrogens with one attached hydrogen (secondary N) is 1. The molecular weight excluding hydrogens is 368 g/mol. The molecule has 0 bridgehead atoms. The van der Waals surface area contributed by atoms with Gasteiger partial charge in [0.1, 0.15) is 0 Å². The summed E-state index contributed by atoms with van der Waals surface area (Å²) < 4.78 is 11.9. The molecule has 0 aromatic carbocycles. The average molecular weight is 409 g/mol. The number of amides is 1. The molecular formula is C22H40N4O3. The fourth-order valence-corrected chi connectivity index (χ4v) is 4.60. The molecule has 7 nitrogen and oxygen atoms in total. The summed E-state index contributed by atoms with van der Waals surface area (Å²) in [4.78, 5) is 21.2. The fourth-order valence-electron chi connectivity index (χ4n) is 4.60. The Hall–Kier alpha value is -1.34. The quantitative estimate of drug-likeness (QED) is 0.539. The van der Waals surface area contributed by atoms with E-state index >= 15 is 0 Å². The number of piperidine rings is 2. The highest BCUT2D eigenvalue weighted by Gasteiger charge is 2.24. The van der Waals surface area contributed by atoms with E-state index in [1.54, 1.807) is 0 Å². The van der Waals surface area contributed by atoms with E-state index in [1.807, 2.05) is 11.9 Å². The molecule has 0 aromatic rings. The van der Waals surface area contributed by atoms with Crippen molar-refractivity contribution in [3.8, 4) is 0 Å². The third-order valence-corrected chi connectivity index (χ3v) is 6.38. The van der Waals surface area contributed by atoms with Crippen LogP contribution in [0, 0.1) is 5.92 Å². The normalized spacial score (nSPS) is 27.2. The molecule has 3 aliphatic heterocycles. The Balaban J connectivity index is 1.32. The van der Waals surface area contributed by atoms with Crippen molar-refractivity contribution in [2.24, 2.45) is 10.9 Å². The van der Waals surface area contributed by atoms with E-state index < -0.39 is 0 Å². The second kappa shape index (κ2) is 11.7. The van der Waals surface area contributed by atoms with Crippen LogP contribution in [0.5, 0.6) is 0 Å². The average Bonchev–Trinajstić information content (AvgIpc) is 2.76. The molecule has 3 saturated heterocycles. The molecule has 3 heterocycles. The van der Waals surface area contributed by atoms with Gasteiger partial charge in [0.05, 0.1) is 18.8 Å². The van der Waals surface area contributed by atoms with E-state index in [1.165, 1.54) is 19.3 Å². The van der Waals surface area contributed by atoms with Gasteiger partial charge in [0.25, 0.3) is 0 Å². The maximum Gasteiger partial charge on any atom is 0.224 e. The van der Waals surface area contributed by atoms with Gasteiger partial charge in [-0.15, -0.1) is 0 Å². The Morgan fingerprint density at radius 2 is 1.93 bits per heavy atom. The van der Waals surface area contributed by atoms with E-state index in [0.29, 0.717) is 25.0 Å². The van der Waals surface area contributed by atoms with Crippen LogP contribution in [0.15, 0.2) is 4.99 Å². The first-order chi connectivity index (χ1) is 14.2. The number of hydrogen-bond acceptors (Lipinski definition) is 4. The molecule has 0 spiro atoms. The van der Waals surface area contributed by atoms with Crippen LogP contribution in [0.4, 0.5) is 0 Å². The van der Waals surface area contributed by atoms with Crippen LogP contribution in [0.1, 0.15) is 58.3 Å². The lowest BCUT2D eigenvalue weighted by Gasteiger charge is -2.35. The highest BCUT2D eigenvalue weighted by molar-refractivity contribution is 5.81. The summed E-state index contributed by atoms with van der Waals surface area (Å²) in [6.45, 7) is 8.19. The van der Waals surface area contributed by atoms with E-state index in [9.17, 15) is 4.79 Å². The van der Waals surface area contributed by atoms with Gasteiger partial charge in [0, 0.05) is 52.8 Å². The van der Waals surface area contributed by atoms with Crippen LogP contribution < -0.4 is 5.32 Å². The molecule has 2 atom stereocenters. The van der Waals surface area contributed by atoms with E-state index in [-0.39, 0.29) is 12.0 Å². The smallest absolute Gasteiger partial charge is 0.224 e. The third kappa shape index (κ3) is 7.14. The standard InChI is InChI=1S/C22H40N4O3/c1-18-6-5-12-26(16-18)21(27)8-11-24-22(23-2)25-13-9-19(10-14-25)29-17-20-7-3-4-15-28-20/h18-20H,3-17H2,1-2H3,(H,23,24). The number of carbonyl (C=O) groups excluding carboxylic acids is 1. The molecule has 1 amide bonds. The largest absolute Gasteiger partial charge is 0.376 e. The lowest BCUT2D eigenvalue weighted by atomic mass is 10.00. The number of carbonyl (C=O) groups is 1. The molecule has 7 heteroatoms. The second-order valence-corrected chi connectivity index (χ2v) is 8.82. The number of ether oxygens (including phenoxy) is 2. The Kier molecular flexibility index (Phi) is 9.05. The summed E-state index contributed by atoms with van der Waals surface area (Å²) in [6.07, 6.45) is 9.10. The van der Waals surface area contributed by atoms with E-state index in [4.69, 9.17) is 9.47 Å². The van der Waals surface area contributed by atoms with Crippen molar-refractivity contribution < 1.29 is 14.3 Å². The highest BCUT2D eigenvalue weighted by atomic mass is 16.5. The summed E-state index contributed by atoms with van der Waals surface area (Å²) in [5.41, 5.74) is 0. The van der Waals surface area contributed by atoms with Crippen molar-refractivity contribution in [2.75, 3.05) is 53.0 Å². The Morgan fingerprint density at radius 1 is 1.10 bits per heavy atom. The molecule has 3 rings (SSSR count). The molecule has 3 fully saturated rings. The van der Waals surface area contributed by atoms with Crippen LogP contribution in [0.2, 0.25) is 0 Å². The zero-order valence-electron chi connectivity index (χ0n) is 18.4. The van der Waals surface area contributed by atoms with Crippen LogP contribution >= 0.6 is 0 Å². The third-order valence-electron chi connectivity index (χ3n) is 6.38. The van der Waals surface area contributed by atoms with Crippen molar-refractivity contribution in [3.05, 3.63) is 0 Å². The Bertz CT molecular complexity index is 528. The van der Waals surface area contributed by atoms with Gasteiger partial charge in [-0.3, -0.25) is 9.79 Å². The van der Waals surface area contributed by atoms with Crippen LogP contribution in [0.25, 0.3) is 0 Å². The first-order valence-electron chi connectivity index (χ1n) is 11.6. The fraction of sp³-hybridized carbons (Fsp3) is 0.909. The summed E-state index contributed by atoms with van der Waals surface area (Å²) in [5.74, 6) is 1.79. The van der Waals surface area contributed by atoms with Gasteiger partial charge < -0.3 is 24.6 Å². The summed E-state index contributed by atoms with van der Waals surface area (Å²) in [7, 11) is 1.82. The van der Waals surface area contributed by atoms with Crippen LogP contribution in [-0.2, 0) is 14.3 Å². The minimum absolute atomic E-state index is 0.261. The van der Waals surface area contributed by atoms with Crippen molar-refractivity contribution in [1.82, 2.24) is 15.1 Å². The summed E-state index contributed by atoms with van der Waals surface area (Å²) in [6, 6.07) is 0. The first-order valence-corrected chi connectivity index (χ1v) is 11.6. The van der Waals surface area contributed by atoms with Crippen molar-refractivity contribution in [1.29, 1.82) is 0 Å². The predicted octanol–water partition coefficient (Wildman–Crippen LogP) is 2.26. The minimum atomic E-state index is 0.261. The van der Waals surface area contributed by atoms with Gasteiger partial charge in [-0.25, -0.2) is 0 Å². The maximum atomic E-state index is 12.4. The van der Waals surface area contributed by atoms with Gasteiger partial charge in [0.15, 0.2) is 5.96 Å². The highest BCUT2D eigenvalue weighted by Crippen LogP contribution is 2.18. The van der Waals surface area contributed by atoms with Gasteiger partial charge in [-0.05, 0) is 50.9 Å². The predicted molar refractivity (Wildman–Crippen MR) is 115 cm³/mol. The number of guanidine groups is 1. The topological polar surface area (TPSA) is 66.4 Å². The minimum Gasteiger partial charge on any atom is -0.376 e. The number of rotatable bonds is 6. The van der Waals surface area contributed by atoms with Gasteiger partial charge in [-0.2, -0.15) is 0 Å². The van der Waals surface area contributed by atoms with Crippen molar-refractivity contribution >= 4 is 11.9 Å². The van der Waals surface area contributed by atoms with Gasteiger partial charge in [-0.1, -0.05) is 6.92 Å². The number of likely N-dealkylation sites (tertiary alicyclic amines) is 2. The second-order valence-electron chi connectivity index (χ2n) is 8.82. The van der Waals surface area contributed by atoms with E-state index in [0.717, 1.165) is 71.0 Å². The van der Waals surface area contributed by atoms with E-state index in [2.05, 4.69) is 22.1 Å². The molecule has 1 N–H and O–H groups in total. The lowest BCUT2D eigenvalue weighted by molar-refractivity contribution is -0.132. The summed E-state index contributed by atoms with van der Waals surface area (Å²) >= 11 is 0. The van der Waals surface area contributed by atoms with Crippen molar-refractivity contribution in [3.63, 3.8) is 0 Å². The van der Waals surface area contributed by atoms with Crippen LogP contribution in [0.3, 0.4) is 0 Å². The molecule has 0 radical (unpaired) electrons. The molecule has 0 aliphatic carbocycles. The molecule has 29 heavy (non-hydrogen) atoms. The van der Waals surface area contributed by atoms with Gasteiger partial charge in [0.2, 0.25) is 5.91 Å². The number of aliphatic imine (C=N–C) groups is 1. The molecule has 2 unspecified atom stereocenters. The Labute approximate surface area is 176 Å². The monoisotopic (exact) mass is 408 g/mol. The number of nitrogens with zero attached hydrogens (tertiary/aromatic N) is 3. The first kappa shape index (κ1) is 22.3. The Morgan fingerprint density at radius 3 is 2.62 bits per heavy atom. The maximum absolute atomic E-state index is 12.4. The molecule has 3 aliphatic rings. The SMILES string of the molecule is CN=C(NCCC(=O)N1CCCC(C)C1)N1CCC(OCC2CCCCO2)CC1. The van der Waals surface area contributed by atoms with Gasteiger partial charge >= 0.3 is 0 Å². The number of hydrogen-bond donors (Lipinski definition) is 1. The molecule has 0 aromatic heterocycles. The molecule has 0 saturated carbocycles. The van der Waals surface area contributed by atoms with Crippen LogP contribution in [-0.4, -0.2) is 86.9 Å². The zero-order chi connectivity index (χ0) is 20.5.